The lowest BCUT2D eigenvalue weighted by Gasteiger charge is -2.17. The molecule has 2 N–H and O–H groups in total. The van der Waals surface area contributed by atoms with E-state index in [1.165, 1.54) is 64.2 Å². The average molecular weight is 410 g/mol. The van der Waals surface area contributed by atoms with Crippen LogP contribution in [0.5, 0.6) is 0 Å². The van der Waals surface area contributed by atoms with Crippen LogP contribution in [0, 0.1) is 0 Å². The van der Waals surface area contributed by atoms with Gasteiger partial charge in [-0.3, -0.25) is 9.36 Å². The van der Waals surface area contributed by atoms with Gasteiger partial charge in [-0.05, 0) is 33.1 Å². The van der Waals surface area contributed by atoms with Crippen molar-refractivity contribution in [3.8, 4) is 0 Å². The second kappa shape index (κ2) is 17.3. The largest absolute Gasteiger partial charge is 0.361 e. The van der Waals surface area contributed by atoms with Crippen LogP contribution in [-0.4, -0.2) is 40.6 Å². The lowest BCUT2D eigenvalue weighted by atomic mass is 10.1. The second-order valence-corrected chi connectivity index (χ2v) is 11.1. The molecule has 0 aromatic carbocycles. The fourth-order valence-corrected chi connectivity index (χ4v) is 5.41. The van der Waals surface area contributed by atoms with Crippen molar-refractivity contribution in [3.05, 3.63) is 0 Å². The molecule has 0 aromatic rings. The van der Waals surface area contributed by atoms with E-state index in [1.54, 1.807) is 0 Å². The van der Waals surface area contributed by atoms with Gasteiger partial charge in [-0.25, -0.2) is 0 Å². The topological polar surface area (TPSA) is 83.8 Å². The molecular weight excluding hydrogens is 370 g/mol. The molecule has 0 aliphatic rings. The van der Waals surface area contributed by atoms with Crippen molar-refractivity contribution >= 4 is 21.0 Å². The van der Waals surface area contributed by atoms with E-state index < -0.39 is 21.9 Å². The maximum absolute atomic E-state index is 12.4. The number of carbonyl (C=O) groups excluding carboxylic acids is 1. The maximum atomic E-state index is 12.4. The molecule has 0 spiro atoms. The molecule has 7 heteroatoms. The molecule has 26 heavy (non-hydrogen) atoms. The summed E-state index contributed by atoms with van der Waals surface area (Å²) in [7, 11) is -4.93. The fraction of sp³-hybridized carbons (Fsp3) is 0.947. The van der Waals surface area contributed by atoms with Crippen LogP contribution in [0.2, 0.25) is 0 Å². The van der Waals surface area contributed by atoms with Crippen molar-refractivity contribution in [2.45, 2.75) is 90.9 Å². The summed E-state index contributed by atoms with van der Waals surface area (Å²) in [6.07, 6.45) is 15.8. The zero-order valence-corrected chi connectivity index (χ0v) is 18.6. The molecule has 0 unspecified atom stereocenters. The smallest absolute Gasteiger partial charge is 0.350 e. The van der Waals surface area contributed by atoms with Crippen LogP contribution < -0.4 is 0 Å². The predicted molar refractivity (Wildman–Crippen MR) is 111 cm³/mol. The van der Waals surface area contributed by atoms with E-state index in [1.807, 2.05) is 0 Å². The minimum Gasteiger partial charge on any atom is -0.361 e. The zero-order valence-electron chi connectivity index (χ0n) is 16.8. The Hall–Kier alpha value is 0.210. The van der Waals surface area contributed by atoms with Crippen LogP contribution in [0.4, 0.5) is 0 Å². The Labute approximate surface area is 161 Å². The highest BCUT2D eigenvalue weighted by Crippen LogP contribution is 2.40. The number of unbranched alkanes of at least 4 members (excludes halogenated alkanes) is 10. The molecular formula is C19H40O5P2. The summed E-state index contributed by atoms with van der Waals surface area (Å²) in [5, 5.41) is 0. The average Bonchev–Trinajstić information content (AvgIpc) is 2.57. The van der Waals surface area contributed by atoms with Crippen molar-refractivity contribution in [1.29, 1.82) is 0 Å². The predicted octanol–water partition coefficient (Wildman–Crippen LogP) is 5.87. The molecule has 0 radical (unpaired) electrons. The number of hydrogen-bond acceptors (Lipinski definition) is 3. The van der Waals surface area contributed by atoms with E-state index in [-0.39, 0.29) is 12.1 Å². The highest BCUT2D eigenvalue weighted by molar-refractivity contribution is 7.74. The highest BCUT2D eigenvalue weighted by atomic mass is 31.2. The van der Waals surface area contributed by atoms with Gasteiger partial charge in [-0.15, -0.1) is 0 Å². The monoisotopic (exact) mass is 410 g/mol. The molecule has 0 aliphatic heterocycles. The lowest BCUT2D eigenvalue weighted by molar-refractivity contribution is -0.115. The van der Waals surface area contributed by atoms with Crippen molar-refractivity contribution in [2.75, 3.05) is 25.3 Å². The molecule has 0 atom stereocenters. The van der Waals surface area contributed by atoms with Crippen molar-refractivity contribution in [1.82, 2.24) is 0 Å². The van der Waals surface area contributed by atoms with E-state index >= 15 is 0 Å². The summed E-state index contributed by atoms with van der Waals surface area (Å²) in [5.41, 5.74) is 0.0653. The molecule has 5 nitrogen and oxygen atoms in total. The van der Waals surface area contributed by atoms with E-state index in [0.29, 0.717) is 0 Å². The Morgan fingerprint density at radius 3 is 1.65 bits per heavy atom. The Bertz CT molecular complexity index is 368. The van der Waals surface area contributed by atoms with Crippen molar-refractivity contribution < 1.29 is 23.9 Å². The molecule has 0 heterocycles. The van der Waals surface area contributed by atoms with Crippen LogP contribution in [0.15, 0.2) is 0 Å². The fourth-order valence-electron chi connectivity index (χ4n) is 2.87. The van der Waals surface area contributed by atoms with E-state index in [0.717, 1.165) is 25.2 Å². The normalized spacial score (nSPS) is 12.0. The van der Waals surface area contributed by atoms with Crippen LogP contribution in [0.1, 0.15) is 90.9 Å². The summed E-state index contributed by atoms with van der Waals surface area (Å²) >= 11 is 0. The molecule has 0 aliphatic carbocycles. The van der Waals surface area contributed by atoms with Crippen LogP contribution in [0.25, 0.3) is 0 Å². The minimum absolute atomic E-state index is 0.0653. The van der Waals surface area contributed by atoms with Gasteiger partial charge in [-0.1, -0.05) is 78.1 Å². The summed E-state index contributed by atoms with van der Waals surface area (Å²) in [4.78, 5) is 30.1. The molecule has 0 bridgehead atoms. The van der Waals surface area contributed by atoms with Gasteiger partial charge in [0.2, 0.25) is 0 Å². The SMILES string of the molecule is CCCCCCCCP(CCCCCCCC)C(=O)COCP(=O)(O)O. The third-order valence-electron chi connectivity index (χ3n) is 4.40. The van der Waals surface area contributed by atoms with Gasteiger partial charge < -0.3 is 14.5 Å². The van der Waals surface area contributed by atoms with Crippen LogP contribution >= 0.6 is 15.5 Å². The lowest BCUT2D eigenvalue weighted by Crippen LogP contribution is -2.11. The van der Waals surface area contributed by atoms with Gasteiger partial charge in [0, 0.05) is 0 Å². The summed E-state index contributed by atoms with van der Waals surface area (Å²) < 4.78 is 15.8. The molecule has 0 amide bonds. The molecule has 0 aromatic heterocycles. The van der Waals surface area contributed by atoms with Crippen LogP contribution in [0.3, 0.4) is 0 Å². The second-order valence-electron chi connectivity index (χ2n) is 7.06. The zero-order chi connectivity index (χ0) is 19.7. The Balaban J connectivity index is 4.16. The number of ether oxygens (including phenoxy) is 1. The van der Waals surface area contributed by atoms with Gasteiger partial charge >= 0.3 is 7.60 Å². The number of carbonyl (C=O) groups is 1. The Morgan fingerprint density at radius 2 is 1.23 bits per heavy atom. The van der Waals surface area contributed by atoms with Gasteiger partial charge in [0.25, 0.3) is 0 Å². The van der Waals surface area contributed by atoms with E-state index in [4.69, 9.17) is 14.5 Å². The highest BCUT2D eigenvalue weighted by Gasteiger charge is 2.19. The van der Waals surface area contributed by atoms with Crippen LogP contribution in [-0.2, 0) is 14.1 Å². The first-order valence-corrected chi connectivity index (χ1v) is 13.8. The number of rotatable bonds is 19. The molecule has 0 saturated heterocycles. The Morgan fingerprint density at radius 1 is 0.808 bits per heavy atom. The summed E-state index contributed by atoms with van der Waals surface area (Å²) in [6.45, 7) is 4.26. The quantitative estimate of drug-likeness (QED) is 0.206. The third kappa shape index (κ3) is 17.6. The third-order valence-corrected chi connectivity index (χ3v) is 7.47. The Kier molecular flexibility index (Phi) is 17.5. The van der Waals surface area contributed by atoms with Crippen molar-refractivity contribution in [3.63, 3.8) is 0 Å². The molecule has 156 valence electrons. The van der Waals surface area contributed by atoms with E-state index in [2.05, 4.69) is 13.8 Å². The minimum atomic E-state index is -4.19. The first kappa shape index (κ1) is 26.2. The first-order chi connectivity index (χ1) is 12.4. The van der Waals surface area contributed by atoms with Gasteiger partial charge in [-0.2, -0.15) is 0 Å². The molecule has 0 saturated carbocycles. The van der Waals surface area contributed by atoms with E-state index in [9.17, 15) is 9.36 Å². The van der Waals surface area contributed by atoms with Gasteiger partial charge in [0.1, 0.15) is 13.0 Å². The van der Waals surface area contributed by atoms with Gasteiger partial charge in [0.15, 0.2) is 5.52 Å². The number of hydrogen-bond donors (Lipinski definition) is 2. The summed E-state index contributed by atoms with van der Waals surface area (Å²) in [5.74, 6) is 0. The maximum Gasteiger partial charge on any atom is 0.350 e. The first-order valence-electron chi connectivity index (χ1n) is 10.3. The van der Waals surface area contributed by atoms with Gasteiger partial charge in [0.05, 0.1) is 0 Å². The standard InChI is InChI=1S/C19H40O5P2/c1-3-5-7-9-11-13-15-25(16-14-12-10-8-6-4-2)19(20)17-24-18-26(21,22)23/h3-18H2,1-2H3,(H2,21,22,23). The molecule has 0 rings (SSSR count). The molecule has 0 fully saturated rings. The van der Waals surface area contributed by atoms with Crippen molar-refractivity contribution in [2.24, 2.45) is 0 Å². The summed E-state index contributed by atoms with van der Waals surface area (Å²) in [6, 6.07) is 0.